The molecule has 5 rings (SSSR count). The molecule has 2 aliphatic rings. The van der Waals surface area contributed by atoms with E-state index < -0.39 is 12.3 Å². The number of unbranched alkanes of at least 4 members (excludes halogenated alkanes) is 1. The molecule has 3 atom stereocenters. The quantitative estimate of drug-likeness (QED) is 0.127. The Labute approximate surface area is 274 Å². The Morgan fingerprint density at radius 1 is 0.851 bits per heavy atom. The van der Waals surface area contributed by atoms with E-state index in [0.717, 1.165) is 60.7 Å². The second-order valence-corrected chi connectivity index (χ2v) is 12.0. The fraction of sp³-hybridized carbons (Fsp3) is 0.429. The number of carbonyl (C=O) groups is 2. The Balaban J connectivity index is 1.19. The largest absolute Gasteiger partial charge is 0.481 e. The minimum atomic E-state index is -0.853. The second-order valence-electron chi connectivity index (χ2n) is 12.0. The van der Waals surface area contributed by atoms with Crippen LogP contribution in [0.2, 0.25) is 0 Å². The third-order valence-corrected chi connectivity index (χ3v) is 8.66. The molecule has 1 amide bonds. The van der Waals surface area contributed by atoms with Crippen LogP contribution in [0.25, 0.3) is 0 Å². The second kappa shape index (κ2) is 16.5. The molecule has 12 nitrogen and oxygen atoms in total. The molecule has 0 radical (unpaired) electrons. The Bertz CT molecular complexity index is 1470. The third kappa shape index (κ3) is 9.82. The van der Waals surface area contributed by atoms with Crippen molar-refractivity contribution in [3.05, 3.63) is 105 Å². The van der Waals surface area contributed by atoms with Crippen LogP contribution in [-0.4, -0.2) is 70.7 Å². The summed E-state index contributed by atoms with van der Waals surface area (Å²) in [5.41, 5.74) is 4.72. The van der Waals surface area contributed by atoms with Gasteiger partial charge in [0, 0.05) is 81.9 Å². The highest BCUT2D eigenvalue weighted by molar-refractivity contribution is 5.75. The number of carboxylic acid groups (broad SMARTS) is 1. The van der Waals surface area contributed by atoms with Crippen molar-refractivity contribution in [1.29, 1.82) is 0 Å². The van der Waals surface area contributed by atoms with E-state index >= 15 is 0 Å². The molecule has 2 aliphatic heterocycles. The summed E-state index contributed by atoms with van der Waals surface area (Å²) in [6.45, 7) is 4.35. The normalized spacial score (nSPS) is 20.1. The van der Waals surface area contributed by atoms with Crippen LogP contribution in [0.15, 0.2) is 72.8 Å². The van der Waals surface area contributed by atoms with E-state index in [1.165, 1.54) is 0 Å². The number of nitro benzene ring substituents is 1. The van der Waals surface area contributed by atoms with Gasteiger partial charge in [0.2, 0.25) is 5.91 Å². The first-order valence-electron chi connectivity index (χ1n) is 16.1. The number of nitrogens with zero attached hydrogens (tertiary/aromatic N) is 3. The van der Waals surface area contributed by atoms with Gasteiger partial charge in [0.25, 0.3) is 5.69 Å². The van der Waals surface area contributed by atoms with Gasteiger partial charge in [-0.15, -0.1) is 0 Å². The van der Waals surface area contributed by atoms with Gasteiger partial charge in [0.05, 0.1) is 23.7 Å². The summed E-state index contributed by atoms with van der Waals surface area (Å²) < 4.78 is 13.0. The van der Waals surface area contributed by atoms with E-state index in [2.05, 4.69) is 15.1 Å². The number of hydrogen-bond donors (Lipinski definition) is 3. The first-order chi connectivity index (χ1) is 22.8. The number of carbonyl (C=O) groups excluding carboxylic acids is 1. The number of non-ortho nitro benzene ring substituents is 1. The fourth-order valence-corrected chi connectivity index (χ4v) is 5.94. The van der Waals surface area contributed by atoms with E-state index in [9.17, 15) is 24.8 Å². The molecule has 0 aliphatic carbocycles. The number of hydrogen-bond acceptors (Lipinski definition) is 9. The minimum absolute atomic E-state index is 0.0243. The summed E-state index contributed by atoms with van der Waals surface area (Å²) in [7, 11) is 0. The lowest BCUT2D eigenvalue weighted by Gasteiger charge is -2.41. The number of ether oxygens (including phenoxy) is 2. The zero-order valence-corrected chi connectivity index (χ0v) is 26.3. The number of amides is 1. The van der Waals surface area contributed by atoms with Crippen LogP contribution in [0.3, 0.4) is 0 Å². The Morgan fingerprint density at radius 3 is 2.13 bits per heavy atom. The average molecular weight is 647 g/mol. The van der Waals surface area contributed by atoms with Gasteiger partial charge in [-0.25, -0.2) is 0 Å². The summed E-state index contributed by atoms with van der Waals surface area (Å²) in [5, 5.41) is 32.2. The summed E-state index contributed by atoms with van der Waals surface area (Å²) in [6.07, 6.45) is 1.16. The van der Waals surface area contributed by atoms with E-state index in [0.29, 0.717) is 32.2 Å². The molecule has 0 bridgehead atoms. The van der Waals surface area contributed by atoms with Gasteiger partial charge < -0.3 is 29.9 Å². The molecule has 3 N–H and O–H groups in total. The van der Waals surface area contributed by atoms with Crippen molar-refractivity contribution in [3.63, 3.8) is 0 Å². The highest BCUT2D eigenvalue weighted by atomic mass is 16.7. The molecular weight excluding hydrogens is 604 g/mol. The van der Waals surface area contributed by atoms with Crippen LogP contribution in [0.5, 0.6) is 0 Å². The van der Waals surface area contributed by atoms with Gasteiger partial charge in [0.1, 0.15) is 0 Å². The Morgan fingerprint density at radius 2 is 1.49 bits per heavy atom. The molecule has 2 fully saturated rings. The summed E-state index contributed by atoms with van der Waals surface area (Å²) >= 11 is 0. The lowest BCUT2D eigenvalue weighted by molar-refractivity contribution is -0.384. The zero-order valence-electron chi connectivity index (χ0n) is 26.3. The number of nitrogens with one attached hydrogen (secondary N) is 1. The van der Waals surface area contributed by atoms with Gasteiger partial charge in [0.15, 0.2) is 6.29 Å². The predicted molar refractivity (Wildman–Crippen MR) is 175 cm³/mol. The van der Waals surface area contributed by atoms with E-state index in [4.69, 9.17) is 14.6 Å². The van der Waals surface area contributed by atoms with E-state index in [1.807, 2.05) is 48.5 Å². The van der Waals surface area contributed by atoms with Gasteiger partial charge >= 0.3 is 5.97 Å². The molecule has 3 aromatic carbocycles. The number of rotatable bonds is 14. The van der Waals surface area contributed by atoms with Crippen LogP contribution in [0.1, 0.15) is 66.8 Å². The monoisotopic (exact) mass is 646 g/mol. The fourth-order valence-electron chi connectivity index (χ4n) is 5.94. The molecule has 3 aromatic rings. The first-order valence-corrected chi connectivity index (χ1v) is 16.1. The first kappa shape index (κ1) is 34.0. The maximum Gasteiger partial charge on any atom is 0.303 e. The van der Waals surface area contributed by atoms with Crippen LogP contribution in [-0.2, 0) is 32.2 Å². The van der Waals surface area contributed by atoms with Crippen LogP contribution in [0, 0.1) is 10.1 Å². The molecule has 250 valence electrons. The zero-order chi connectivity index (χ0) is 33.2. The number of benzene rings is 3. The van der Waals surface area contributed by atoms with E-state index in [-0.39, 0.29) is 41.8 Å². The number of carboxylic acids is 1. The maximum atomic E-state index is 12.2. The summed E-state index contributed by atoms with van der Waals surface area (Å²) in [4.78, 5) is 38.1. The number of aliphatic hydroxyl groups excluding tert-OH is 1. The van der Waals surface area contributed by atoms with Crippen molar-refractivity contribution in [2.24, 2.45) is 0 Å². The molecule has 12 heteroatoms. The maximum absolute atomic E-state index is 12.2. The Hall–Kier alpha value is -4.36. The number of anilines is 1. The SMILES string of the molecule is O=C(O)CCCCC(=O)NCc1ccc([C@@H]2O[C@H](CN3CCN(c4ccc([N+](=O)[O-])cc4)CC3)C[C@H](c3ccc(CO)cc3)O2)cc1. The summed E-state index contributed by atoms with van der Waals surface area (Å²) in [5.74, 6) is -0.960. The Kier molecular flexibility index (Phi) is 11.9. The lowest BCUT2D eigenvalue weighted by atomic mass is 9.99. The number of piperazine rings is 1. The van der Waals surface area contributed by atoms with Crippen molar-refractivity contribution in [2.45, 2.75) is 63.8 Å². The predicted octanol–water partition coefficient (Wildman–Crippen LogP) is 4.72. The van der Waals surface area contributed by atoms with Crippen molar-refractivity contribution in [1.82, 2.24) is 10.2 Å². The molecular formula is C35H42N4O8. The van der Waals surface area contributed by atoms with Gasteiger partial charge in [-0.3, -0.25) is 24.6 Å². The van der Waals surface area contributed by atoms with Crippen LogP contribution in [0.4, 0.5) is 11.4 Å². The van der Waals surface area contributed by atoms with Crippen molar-refractivity contribution < 1.29 is 34.2 Å². The lowest BCUT2D eigenvalue weighted by Crippen LogP contribution is -2.49. The molecule has 0 spiro atoms. The van der Waals surface area contributed by atoms with Crippen molar-refractivity contribution in [2.75, 3.05) is 37.6 Å². The van der Waals surface area contributed by atoms with Gasteiger partial charge in [-0.05, 0) is 41.7 Å². The van der Waals surface area contributed by atoms with Crippen molar-refractivity contribution in [3.8, 4) is 0 Å². The third-order valence-electron chi connectivity index (χ3n) is 8.66. The molecule has 2 heterocycles. The van der Waals surface area contributed by atoms with Gasteiger partial charge in [-0.1, -0.05) is 48.5 Å². The smallest absolute Gasteiger partial charge is 0.303 e. The topological polar surface area (TPSA) is 155 Å². The number of aliphatic hydroxyl groups is 1. The average Bonchev–Trinajstić information content (AvgIpc) is 3.09. The van der Waals surface area contributed by atoms with Crippen LogP contribution >= 0.6 is 0 Å². The molecule has 2 saturated heterocycles. The molecule has 0 aromatic heterocycles. The number of aliphatic carboxylic acids is 1. The van der Waals surface area contributed by atoms with E-state index in [1.54, 1.807) is 24.3 Å². The molecule has 0 unspecified atom stereocenters. The van der Waals surface area contributed by atoms with Crippen LogP contribution < -0.4 is 10.2 Å². The van der Waals surface area contributed by atoms with Gasteiger partial charge in [-0.2, -0.15) is 0 Å². The minimum Gasteiger partial charge on any atom is -0.481 e. The van der Waals surface area contributed by atoms with Crippen molar-refractivity contribution >= 4 is 23.3 Å². The number of nitro groups is 1. The molecule has 0 saturated carbocycles. The standard InChI is InChI=1S/C35H42N4O8/c40-24-26-7-9-27(10-8-26)32-21-31(23-37-17-19-38(20-18-37)29-13-15-30(16-14-29)39(44)45)46-35(47-32)28-11-5-25(6-12-28)22-36-33(41)3-1-2-4-34(42)43/h5-16,31-32,35,40H,1-4,17-24H2,(H,36,41)(H,42,43)/t31-,32+,35+/m0/s1. The highest BCUT2D eigenvalue weighted by Gasteiger charge is 2.34. The summed E-state index contributed by atoms with van der Waals surface area (Å²) in [6, 6.07) is 22.3. The highest BCUT2D eigenvalue weighted by Crippen LogP contribution is 2.38. The molecule has 47 heavy (non-hydrogen) atoms.